The fourth-order valence-electron chi connectivity index (χ4n) is 3.84. The first-order valence-corrected chi connectivity index (χ1v) is 12.3. The van der Waals surface area contributed by atoms with Gasteiger partial charge in [0.25, 0.3) is 0 Å². The minimum atomic E-state index is -3.18. The highest BCUT2D eigenvalue weighted by Crippen LogP contribution is 2.34. The van der Waals surface area contributed by atoms with Crippen molar-refractivity contribution in [2.75, 3.05) is 33.0 Å². The Balaban J connectivity index is 1.66. The molecule has 160 valence electrons. The van der Waals surface area contributed by atoms with Gasteiger partial charge >= 0.3 is 5.97 Å². The Kier molecular flexibility index (Phi) is 7.27. The fraction of sp³-hybridized carbons (Fsp3) is 0.550. The number of methoxy groups -OCH3 is 1. The van der Waals surface area contributed by atoms with Gasteiger partial charge in [-0.2, -0.15) is 4.31 Å². The molecule has 1 saturated carbocycles. The number of carbonyl (C=O) groups excluding carboxylic acids is 1. The molecule has 0 bridgehead atoms. The van der Waals surface area contributed by atoms with Gasteiger partial charge in [0.15, 0.2) is 0 Å². The van der Waals surface area contributed by atoms with Gasteiger partial charge < -0.3 is 4.74 Å². The zero-order valence-corrected chi connectivity index (χ0v) is 18.9. The van der Waals surface area contributed by atoms with Gasteiger partial charge in [-0.15, -0.1) is 0 Å². The van der Waals surface area contributed by atoms with Crippen molar-refractivity contribution >= 4 is 44.8 Å². The van der Waals surface area contributed by atoms with Crippen LogP contribution in [0.15, 0.2) is 24.3 Å². The number of likely N-dealkylation sites (tertiary alicyclic amines) is 1. The molecule has 2 aliphatic rings. The van der Waals surface area contributed by atoms with Crippen LogP contribution in [0.2, 0.25) is 10.0 Å². The average Bonchev–Trinajstić information content (AvgIpc) is 3.49. The molecule has 1 aromatic rings. The normalized spacial score (nSPS) is 19.6. The number of hydrogen-bond acceptors (Lipinski definition) is 5. The molecule has 0 amide bonds. The number of ether oxygens (including phenoxy) is 1. The van der Waals surface area contributed by atoms with E-state index >= 15 is 0 Å². The van der Waals surface area contributed by atoms with Crippen LogP contribution >= 0.6 is 23.2 Å². The van der Waals surface area contributed by atoms with Gasteiger partial charge in [-0.1, -0.05) is 35.3 Å². The maximum absolute atomic E-state index is 12.3. The topological polar surface area (TPSA) is 66.9 Å². The van der Waals surface area contributed by atoms with Crippen LogP contribution in [0.5, 0.6) is 0 Å². The zero-order valence-electron chi connectivity index (χ0n) is 16.6. The van der Waals surface area contributed by atoms with Crippen LogP contribution in [0.4, 0.5) is 0 Å². The molecule has 29 heavy (non-hydrogen) atoms. The van der Waals surface area contributed by atoms with Crippen molar-refractivity contribution in [1.82, 2.24) is 9.21 Å². The number of sulfonamides is 1. The molecule has 0 spiro atoms. The lowest BCUT2D eigenvalue weighted by atomic mass is 10.0. The van der Waals surface area contributed by atoms with Gasteiger partial charge in [0.2, 0.25) is 10.0 Å². The van der Waals surface area contributed by atoms with Crippen LogP contribution in [0.1, 0.15) is 31.2 Å². The Labute approximate surface area is 182 Å². The first kappa shape index (κ1) is 22.6. The number of halogens is 2. The van der Waals surface area contributed by atoms with E-state index in [1.165, 1.54) is 13.4 Å². The molecule has 9 heteroatoms. The van der Waals surface area contributed by atoms with Crippen molar-refractivity contribution in [3.8, 4) is 0 Å². The summed E-state index contributed by atoms with van der Waals surface area (Å²) in [5.74, 6) is -0.435. The van der Waals surface area contributed by atoms with Crippen LogP contribution in [-0.2, 0) is 19.6 Å². The molecule has 1 aromatic carbocycles. The monoisotopic (exact) mass is 460 g/mol. The number of nitrogens with zero attached hydrogens (tertiary/aromatic N) is 2. The van der Waals surface area contributed by atoms with Crippen molar-refractivity contribution in [2.45, 2.75) is 37.8 Å². The first-order valence-electron chi connectivity index (χ1n) is 9.65. The van der Waals surface area contributed by atoms with Crippen molar-refractivity contribution in [3.05, 3.63) is 39.9 Å². The van der Waals surface area contributed by atoms with E-state index in [2.05, 4.69) is 4.90 Å². The lowest BCUT2D eigenvalue weighted by Gasteiger charge is -2.37. The van der Waals surface area contributed by atoms with Crippen LogP contribution in [0.25, 0.3) is 5.57 Å². The molecule has 1 saturated heterocycles. The van der Waals surface area contributed by atoms with E-state index in [0.29, 0.717) is 27.7 Å². The lowest BCUT2D eigenvalue weighted by molar-refractivity contribution is -0.133. The van der Waals surface area contributed by atoms with E-state index < -0.39 is 16.0 Å². The molecule has 0 N–H and O–H groups in total. The van der Waals surface area contributed by atoms with Crippen LogP contribution < -0.4 is 0 Å². The van der Waals surface area contributed by atoms with Crippen molar-refractivity contribution in [2.24, 2.45) is 0 Å². The highest BCUT2D eigenvalue weighted by atomic mass is 35.5. The predicted octanol–water partition coefficient (Wildman–Crippen LogP) is 3.44. The summed E-state index contributed by atoms with van der Waals surface area (Å²) >= 11 is 12.1. The minimum Gasteiger partial charge on any atom is -0.465 e. The van der Waals surface area contributed by atoms with Crippen molar-refractivity contribution in [1.29, 1.82) is 0 Å². The maximum atomic E-state index is 12.3. The van der Waals surface area contributed by atoms with Gasteiger partial charge in [0.1, 0.15) is 0 Å². The van der Waals surface area contributed by atoms with E-state index in [0.717, 1.165) is 38.8 Å². The third-order valence-corrected chi connectivity index (χ3v) is 7.50. The van der Waals surface area contributed by atoms with Crippen LogP contribution in [0, 0.1) is 0 Å². The van der Waals surface area contributed by atoms with Gasteiger partial charge in [-0.05, 0) is 56.5 Å². The molecule has 2 fully saturated rings. The van der Waals surface area contributed by atoms with Gasteiger partial charge in [0.05, 0.1) is 29.0 Å². The smallest absolute Gasteiger partial charge is 0.338 e. The molecule has 1 aliphatic carbocycles. The van der Waals surface area contributed by atoms with Gasteiger partial charge in [0, 0.05) is 18.6 Å². The number of esters is 1. The number of carbonyl (C=O) groups is 1. The molecule has 1 aliphatic heterocycles. The van der Waals surface area contributed by atoms with Gasteiger partial charge in [-0.25, -0.2) is 13.2 Å². The maximum Gasteiger partial charge on any atom is 0.338 e. The quantitative estimate of drug-likeness (QED) is 0.460. The molecule has 0 radical (unpaired) electrons. The Morgan fingerprint density at radius 2 is 1.79 bits per heavy atom. The molecule has 0 unspecified atom stereocenters. The summed E-state index contributed by atoms with van der Waals surface area (Å²) in [4.78, 5) is 14.5. The largest absolute Gasteiger partial charge is 0.465 e. The van der Waals surface area contributed by atoms with Crippen molar-refractivity contribution in [3.63, 3.8) is 0 Å². The second kappa shape index (κ2) is 9.35. The molecule has 0 aromatic heterocycles. The second-order valence-corrected chi connectivity index (χ2v) is 10.3. The van der Waals surface area contributed by atoms with E-state index in [-0.39, 0.29) is 12.1 Å². The second-order valence-electron chi connectivity index (χ2n) is 7.59. The van der Waals surface area contributed by atoms with Gasteiger partial charge in [-0.3, -0.25) is 4.90 Å². The highest BCUT2D eigenvalue weighted by molar-refractivity contribution is 7.88. The third-order valence-electron chi connectivity index (χ3n) is 5.40. The first-order chi connectivity index (χ1) is 13.7. The SMILES string of the molecule is COC(=O)/C(=C\CN1CCC(N(C2CC2)S(C)(=O)=O)CC1)c1ccc(Cl)c(Cl)c1. The van der Waals surface area contributed by atoms with E-state index in [1.807, 2.05) is 6.08 Å². The van der Waals surface area contributed by atoms with E-state index in [4.69, 9.17) is 27.9 Å². The van der Waals surface area contributed by atoms with E-state index in [1.54, 1.807) is 22.5 Å². The number of piperidine rings is 1. The molecular weight excluding hydrogens is 435 g/mol. The Morgan fingerprint density at radius 1 is 1.17 bits per heavy atom. The number of rotatable bonds is 7. The third kappa shape index (κ3) is 5.73. The number of benzene rings is 1. The summed E-state index contributed by atoms with van der Waals surface area (Å²) < 4.78 is 31.0. The lowest BCUT2D eigenvalue weighted by Crippen LogP contribution is -2.48. The van der Waals surface area contributed by atoms with Crippen LogP contribution in [0.3, 0.4) is 0 Å². The highest BCUT2D eigenvalue weighted by Gasteiger charge is 2.40. The fourth-order valence-corrected chi connectivity index (χ4v) is 5.64. The van der Waals surface area contributed by atoms with E-state index in [9.17, 15) is 13.2 Å². The molecular formula is C20H26Cl2N2O4S. The predicted molar refractivity (Wildman–Crippen MR) is 116 cm³/mol. The summed E-state index contributed by atoms with van der Waals surface area (Å²) in [6.45, 7) is 2.12. The molecule has 3 rings (SSSR count). The number of hydrogen-bond donors (Lipinski definition) is 0. The Hall–Kier alpha value is -1.12. The summed E-state index contributed by atoms with van der Waals surface area (Å²) in [6.07, 6.45) is 6.64. The Morgan fingerprint density at radius 3 is 2.31 bits per heavy atom. The van der Waals surface area contributed by atoms with Crippen molar-refractivity contribution < 1.29 is 17.9 Å². The van der Waals surface area contributed by atoms with Crippen LogP contribution in [-0.4, -0.2) is 68.7 Å². The Bertz CT molecular complexity index is 892. The molecule has 0 atom stereocenters. The zero-order chi connectivity index (χ0) is 21.2. The summed E-state index contributed by atoms with van der Waals surface area (Å²) in [5.41, 5.74) is 1.09. The summed E-state index contributed by atoms with van der Waals surface area (Å²) in [5, 5.41) is 0.800. The molecule has 1 heterocycles. The molecule has 6 nitrogen and oxygen atoms in total. The minimum absolute atomic E-state index is 0.0629. The summed E-state index contributed by atoms with van der Waals surface area (Å²) in [7, 11) is -1.84. The summed E-state index contributed by atoms with van der Waals surface area (Å²) in [6, 6.07) is 5.29. The standard InChI is InChI=1S/C20H26Cl2N2O4S/c1-28-20(25)17(14-3-6-18(21)19(22)13-14)9-12-23-10-7-16(8-11-23)24(15-4-5-15)29(2,26)27/h3,6,9,13,15-16H,4-5,7-8,10-12H2,1-2H3/b17-9-. The average molecular weight is 461 g/mol.